The number of rotatable bonds is 10. The van der Waals surface area contributed by atoms with Gasteiger partial charge in [0.1, 0.15) is 28.4 Å². The smallest absolute Gasteiger partial charge is 0.339 e. The first kappa shape index (κ1) is 36.1. The van der Waals surface area contributed by atoms with Crippen LogP contribution in [-0.2, 0) is 10.2 Å². The highest BCUT2D eigenvalue weighted by atomic mass is 35.5. The third-order valence-electron chi connectivity index (χ3n) is 8.71. The summed E-state index contributed by atoms with van der Waals surface area (Å²) in [6.45, 7) is 10.4. The molecule has 11 heteroatoms. The quantitative estimate of drug-likeness (QED) is 0.221. The van der Waals surface area contributed by atoms with E-state index in [-0.39, 0.29) is 44.1 Å². The number of nitrogens with one attached hydrogen (secondary N) is 1. The van der Waals surface area contributed by atoms with Crippen LogP contribution in [0.2, 0.25) is 10.0 Å². The van der Waals surface area contributed by atoms with E-state index in [9.17, 15) is 20.0 Å². The molecule has 0 bridgehead atoms. The van der Waals surface area contributed by atoms with Crippen molar-refractivity contribution in [1.29, 1.82) is 5.26 Å². The van der Waals surface area contributed by atoms with Crippen LogP contribution in [0.1, 0.15) is 74.9 Å². The summed E-state index contributed by atoms with van der Waals surface area (Å²) in [5.74, 6) is -4.36. The van der Waals surface area contributed by atoms with Crippen LogP contribution in [0.3, 0.4) is 0 Å². The minimum absolute atomic E-state index is 0.000327. The van der Waals surface area contributed by atoms with Gasteiger partial charge in [0.05, 0.1) is 24.2 Å². The maximum atomic E-state index is 16.2. The minimum atomic E-state index is -1.78. The number of nitrogens with zero attached hydrogens (tertiary/aromatic N) is 2. The Morgan fingerprint density at radius 2 is 1.83 bits per heavy atom. The first-order valence-electron chi connectivity index (χ1n) is 15.3. The molecule has 0 radical (unpaired) electrons. The van der Waals surface area contributed by atoms with E-state index in [1.807, 2.05) is 39.5 Å². The molecule has 4 rings (SSSR count). The molecular weight excluding hydrogens is 647 g/mol. The molecule has 250 valence electrons. The van der Waals surface area contributed by atoms with Gasteiger partial charge in [-0.1, -0.05) is 76.0 Å². The Kier molecular flexibility index (Phi) is 10.9. The fourth-order valence-electron chi connectivity index (χ4n) is 6.68. The van der Waals surface area contributed by atoms with Crippen LogP contribution in [0.25, 0.3) is 0 Å². The SMILES string of the molecule is COc1cc(NC(=O)C2C(c3cccc(Cl)c3F)C(C#N)(c3ccc(Cl)cc3F)C(CC(C)(C)C)N2CCC(C)C)ccc1C(=O)O. The van der Waals surface area contributed by atoms with E-state index in [4.69, 9.17) is 27.9 Å². The number of hydrogen-bond donors (Lipinski definition) is 2. The predicted molar refractivity (Wildman–Crippen MR) is 179 cm³/mol. The van der Waals surface area contributed by atoms with Crippen molar-refractivity contribution in [3.05, 3.63) is 93.0 Å². The zero-order valence-electron chi connectivity index (χ0n) is 27.2. The molecule has 47 heavy (non-hydrogen) atoms. The molecule has 0 spiro atoms. The Hall–Kier alpha value is -3.71. The lowest BCUT2D eigenvalue weighted by atomic mass is 9.62. The summed E-state index contributed by atoms with van der Waals surface area (Å²) in [7, 11) is 1.31. The average Bonchev–Trinajstić information content (AvgIpc) is 3.25. The molecule has 1 amide bonds. The normalized spacial score (nSPS) is 21.4. The van der Waals surface area contributed by atoms with Crippen LogP contribution in [0, 0.1) is 34.3 Å². The van der Waals surface area contributed by atoms with E-state index in [1.165, 1.54) is 49.6 Å². The molecule has 1 heterocycles. The highest BCUT2D eigenvalue weighted by Gasteiger charge is 2.64. The first-order valence-corrected chi connectivity index (χ1v) is 16.1. The van der Waals surface area contributed by atoms with E-state index in [0.29, 0.717) is 19.4 Å². The van der Waals surface area contributed by atoms with Gasteiger partial charge in [-0.15, -0.1) is 0 Å². The molecule has 0 aliphatic carbocycles. The maximum Gasteiger partial charge on any atom is 0.339 e. The van der Waals surface area contributed by atoms with Crippen LogP contribution < -0.4 is 10.1 Å². The van der Waals surface area contributed by atoms with Gasteiger partial charge in [-0.3, -0.25) is 9.69 Å². The van der Waals surface area contributed by atoms with Crippen molar-refractivity contribution in [2.75, 3.05) is 19.0 Å². The number of aromatic carboxylic acids is 1. The number of amides is 1. The number of methoxy groups -OCH3 is 1. The lowest BCUT2D eigenvalue weighted by Crippen LogP contribution is -2.48. The fraction of sp³-hybridized carbons (Fsp3) is 0.417. The number of carboxylic acid groups (broad SMARTS) is 1. The summed E-state index contributed by atoms with van der Waals surface area (Å²) in [6.07, 6.45) is 0.977. The zero-order valence-corrected chi connectivity index (χ0v) is 28.7. The largest absolute Gasteiger partial charge is 0.496 e. The standard InChI is InChI=1S/C36H39Cl2F2N3O4/c1-20(2)14-15-43-29(18-35(3,4)5)36(19-41,25-13-10-21(37)16-27(25)39)30(24-8-7-9-26(38)31(24)40)32(43)33(44)42-22-11-12-23(34(45)46)28(17-22)47-6/h7-13,16-17,20,29-30,32H,14-15,18H2,1-6H3,(H,42,44)(H,45,46). The number of likely N-dealkylation sites (tertiary alicyclic amines) is 1. The topological polar surface area (TPSA) is 103 Å². The molecule has 4 atom stereocenters. The predicted octanol–water partition coefficient (Wildman–Crippen LogP) is 8.70. The van der Waals surface area contributed by atoms with Gasteiger partial charge >= 0.3 is 5.97 Å². The number of anilines is 1. The third kappa shape index (κ3) is 7.25. The Labute approximate surface area is 284 Å². The van der Waals surface area contributed by atoms with Crippen LogP contribution >= 0.6 is 23.2 Å². The van der Waals surface area contributed by atoms with Gasteiger partial charge in [-0.2, -0.15) is 5.26 Å². The first-order chi connectivity index (χ1) is 22.0. The van der Waals surface area contributed by atoms with E-state index in [2.05, 4.69) is 11.4 Å². The Bertz CT molecular complexity index is 1700. The monoisotopic (exact) mass is 685 g/mol. The van der Waals surface area contributed by atoms with Crippen LogP contribution in [0.4, 0.5) is 14.5 Å². The van der Waals surface area contributed by atoms with Crippen molar-refractivity contribution in [3.8, 4) is 11.8 Å². The second-order valence-electron chi connectivity index (χ2n) is 13.6. The number of benzene rings is 3. The molecule has 3 aromatic rings. The van der Waals surface area contributed by atoms with Crippen molar-refractivity contribution in [2.45, 2.75) is 70.9 Å². The summed E-state index contributed by atoms with van der Waals surface area (Å²) in [6, 6.07) is 13.1. The van der Waals surface area contributed by atoms with Crippen molar-refractivity contribution < 1.29 is 28.2 Å². The molecule has 1 aliphatic heterocycles. The lowest BCUT2D eigenvalue weighted by molar-refractivity contribution is -0.121. The molecular formula is C36H39Cl2F2N3O4. The van der Waals surface area contributed by atoms with Gasteiger partial charge in [0.25, 0.3) is 0 Å². The number of carboxylic acids is 1. The molecule has 4 unspecified atom stereocenters. The molecule has 1 fully saturated rings. The second kappa shape index (κ2) is 14.2. The molecule has 3 aromatic carbocycles. The highest BCUT2D eigenvalue weighted by Crippen LogP contribution is 2.57. The van der Waals surface area contributed by atoms with E-state index < -0.39 is 52.3 Å². The second-order valence-corrected chi connectivity index (χ2v) is 14.4. The van der Waals surface area contributed by atoms with Crippen molar-refractivity contribution >= 4 is 40.8 Å². The van der Waals surface area contributed by atoms with Gasteiger partial charge < -0.3 is 15.2 Å². The number of carbonyl (C=O) groups excluding carboxylic acids is 1. The highest BCUT2D eigenvalue weighted by molar-refractivity contribution is 6.31. The fourth-order valence-corrected chi connectivity index (χ4v) is 7.02. The summed E-state index contributed by atoms with van der Waals surface area (Å²) in [5.41, 5.74) is -2.06. The van der Waals surface area contributed by atoms with Crippen LogP contribution in [-0.4, -0.2) is 47.6 Å². The molecule has 1 aliphatic rings. The van der Waals surface area contributed by atoms with E-state index in [0.717, 1.165) is 6.07 Å². The molecule has 2 N–H and O–H groups in total. The maximum absolute atomic E-state index is 16.2. The lowest BCUT2D eigenvalue weighted by Gasteiger charge is -2.39. The summed E-state index contributed by atoms with van der Waals surface area (Å²) < 4.78 is 37.7. The average molecular weight is 687 g/mol. The minimum Gasteiger partial charge on any atom is -0.496 e. The van der Waals surface area contributed by atoms with Crippen molar-refractivity contribution in [1.82, 2.24) is 4.90 Å². The van der Waals surface area contributed by atoms with Crippen molar-refractivity contribution in [3.63, 3.8) is 0 Å². The number of ether oxygens (including phenoxy) is 1. The number of hydrogen-bond acceptors (Lipinski definition) is 5. The van der Waals surface area contributed by atoms with Gasteiger partial charge in [0.2, 0.25) is 5.91 Å². The summed E-state index contributed by atoms with van der Waals surface area (Å²) >= 11 is 12.5. The van der Waals surface area contributed by atoms with E-state index >= 15 is 8.78 Å². The van der Waals surface area contributed by atoms with Gasteiger partial charge in [-0.05, 0) is 66.6 Å². The summed E-state index contributed by atoms with van der Waals surface area (Å²) in [4.78, 5) is 28.3. The third-order valence-corrected chi connectivity index (χ3v) is 9.23. The molecule has 0 aromatic heterocycles. The summed E-state index contributed by atoms with van der Waals surface area (Å²) in [5, 5.41) is 23.7. The molecule has 1 saturated heterocycles. The Morgan fingerprint density at radius 1 is 1.13 bits per heavy atom. The van der Waals surface area contributed by atoms with Crippen LogP contribution in [0.15, 0.2) is 54.6 Å². The molecule has 7 nitrogen and oxygen atoms in total. The molecule has 0 saturated carbocycles. The van der Waals surface area contributed by atoms with E-state index in [1.54, 1.807) is 6.07 Å². The van der Waals surface area contributed by atoms with Crippen LogP contribution in [0.5, 0.6) is 5.75 Å². The Balaban J connectivity index is 2.05. The number of nitriles is 1. The number of carbonyl (C=O) groups is 2. The number of halogens is 4. The van der Waals surface area contributed by atoms with Crippen molar-refractivity contribution in [2.24, 2.45) is 11.3 Å². The Morgan fingerprint density at radius 3 is 2.40 bits per heavy atom. The zero-order chi connectivity index (χ0) is 34.8. The van der Waals surface area contributed by atoms with Gasteiger partial charge in [0, 0.05) is 34.3 Å². The van der Waals surface area contributed by atoms with Gasteiger partial charge in [-0.25, -0.2) is 13.6 Å². The van der Waals surface area contributed by atoms with Gasteiger partial charge in [0.15, 0.2) is 0 Å².